The molecule has 2 heterocycles. The number of halogens is 2. The van der Waals surface area contributed by atoms with E-state index in [9.17, 15) is 13.6 Å². The van der Waals surface area contributed by atoms with Gasteiger partial charge in [-0.1, -0.05) is 18.2 Å². The molecule has 0 unspecified atom stereocenters. The summed E-state index contributed by atoms with van der Waals surface area (Å²) in [6.45, 7) is -0.741. The molecule has 1 aliphatic heterocycles. The predicted molar refractivity (Wildman–Crippen MR) is 94.8 cm³/mol. The van der Waals surface area contributed by atoms with Crippen molar-refractivity contribution in [3.8, 4) is 5.75 Å². The van der Waals surface area contributed by atoms with E-state index >= 15 is 0 Å². The van der Waals surface area contributed by atoms with Crippen molar-refractivity contribution >= 4 is 6.03 Å². The van der Waals surface area contributed by atoms with Crippen molar-refractivity contribution in [2.75, 3.05) is 26.9 Å². The van der Waals surface area contributed by atoms with Crippen molar-refractivity contribution < 1.29 is 23.0 Å². The minimum absolute atomic E-state index is 0.162. The molecule has 1 N–H and O–H groups in total. The van der Waals surface area contributed by atoms with E-state index in [1.807, 2.05) is 18.2 Å². The number of benzene rings is 1. The zero-order chi connectivity index (χ0) is 19.3. The Labute approximate surface area is 156 Å². The summed E-state index contributed by atoms with van der Waals surface area (Å²) in [6.07, 6.45) is 3.21. The lowest BCUT2D eigenvalue weighted by Crippen LogP contribution is -2.51. The van der Waals surface area contributed by atoms with Crippen molar-refractivity contribution in [2.45, 2.75) is 18.0 Å². The van der Waals surface area contributed by atoms with Gasteiger partial charge in [-0.2, -0.15) is 0 Å². The van der Waals surface area contributed by atoms with Gasteiger partial charge in [0.2, 0.25) is 0 Å². The second kappa shape index (κ2) is 8.30. The standard InChI is InChI=1S/C19H21F2N3O3/c1-24(18(25)23-17-12-26-13-19(17,20)21)16(14-7-9-22-10-8-14)11-27-15-5-3-2-4-6-15/h2-10,16-17H,11-13H2,1H3,(H,23,25)/t16-,17+/m1/s1. The van der Waals surface area contributed by atoms with Gasteiger partial charge in [-0.25, -0.2) is 13.6 Å². The molecule has 1 saturated heterocycles. The number of ether oxygens (including phenoxy) is 2. The molecule has 0 spiro atoms. The molecule has 27 heavy (non-hydrogen) atoms. The van der Waals surface area contributed by atoms with E-state index < -0.39 is 30.6 Å². The lowest BCUT2D eigenvalue weighted by Gasteiger charge is -2.30. The number of hydrogen-bond acceptors (Lipinski definition) is 4. The van der Waals surface area contributed by atoms with Crippen LogP contribution in [0.5, 0.6) is 5.75 Å². The van der Waals surface area contributed by atoms with Gasteiger partial charge in [0.15, 0.2) is 0 Å². The fourth-order valence-electron chi connectivity index (χ4n) is 2.78. The first-order chi connectivity index (χ1) is 13.0. The number of rotatable bonds is 6. The number of pyridine rings is 1. The van der Waals surface area contributed by atoms with Gasteiger partial charge in [0.1, 0.15) is 25.0 Å². The SMILES string of the molecule is CN(C(=O)N[C@H]1COCC1(F)F)[C@H](COc1ccccc1)c1ccncc1. The van der Waals surface area contributed by atoms with Crippen molar-refractivity contribution in [3.05, 3.63) is 60.4 Å². The van der Waals surface area contributed by atoms with Crippen LogP contribution in [0, 0.1) is 0 Å². The highest BCUT2D eigenvalue weighted by Crippen LogP contribution is 2.26. The molecular formula is C19H21F2N3O3. The van der Waals surface area contributed by atoms with E-state index in [-0.39, 0.29) is 13.2 Å². The molecule has 144 valence electrons. The molecule has 1 fully saturated rings. The number of amides is 2. The number of carbonyl (C=O) groups is 1. The van der Waals surface area contributed by atoms with E-state index in [1.165, 1.54) is 4.90 Å². The van der Waals surface area contributed by atoms with E-state index in [0.29, 0.717) is 5.75 Å². The number of nitrogens with one attached hydrogen (secondary N) is 1. The Kier molecular flexibility index (Phi) is 5.85. The summed E-state index contributed by atoms with van der Waals surface area (Å²) in [7, 11) is 1.54. The van der Waals surface area contributed by atoms with Gasteiger partial charge in [-0.3, -0.25) is 4.98 Å². The summed E-state index contributed by atoms with van der Waals surface area (Å²) in [6, 6.07) is 10.2. The average molecular weight is 377 g/mol. The van der Waals surface area contributed by atoms with Crippen LogP contribution >= 0.6 is 0 Å². The number of hydrogen-bond donors (Lipinski definition) is 1. The highest BCUT2D eigenvalue weighted by molar-refractivity contribution is 5.75. The maximum Gasteiger partial charge on any atom is 0.318 e. The molecule has 2 aromatic rings. The summed E-state index contributed by atoms with van der Waals surface area (Å²) < 4.78 is 38.0. The molecule has 0 bridgehead atoms. The summed E-state index contributed by atoms with van der Waals surface area (Å²) in [5.41, 5.74) is 0.785. The molecule has 1 aliphatic rings. The van der Waals surface area contributed by atoms with Crippen LogP contribution in [0.1, 0.15) is 11.6 Å². The van der Waals surface area contributed by atoms with Gasteiger partial charge in [-0.15, -0.1) is 0 Å². The minimum atomic E-state index is -3.08. The molecule has 2 atom stereocenters. The van der Waals surface area contributed by atoms with Gasteiger partial charge in [0.05, 0.1) is 12.6 Å². The normalized spacial score (nSPS) is 19.3. The fourth-order valence-corrected chi connectivity index (χ4v) is 2.78. The van der Waals surface area contributed by atoms with Crippen LogP contribution in [0.2, 0.25) is 0 Å². The van der Waals surface area contributed by atoms with E-state index in [4.69, 9.17) is 9.47 Å². The summed E-state index contributed by atoms with van der Waals surface area (Å²) in [5, 5.41) is 2.36. The first kappa shape index (κ1) is 19.0. The zero-order valence-corrected chi connectivity index (χ0v) is 14.8. The van der Waals surface area contributed by atoms with Gasteiger partial charge in [0, 0.05) is 19.4 Å². The molecule has 3 rings (SSSR count). The van der Waals surface area contributed by atoms with Crippen molar-refractivity contribution in [3.63, 3.8) is 0 Å². The molecule has 0 aliphatic carbocycles. The molecule has 8 heteroatoms. The quantitative estimate of drug-likeness (QED) is 0.841. The van der Waals surface area contributed by atoms with Crippen LogP contribution in [0.25, 0.3) is 0 Å². The third-order valence-corrected chi connectivity index (χ3v) is 4.42. The predicted octanol–water partition coefficient (Wildman–Crippen LogP) is 2.88. The number of aromatic nitrogens is 1. The molecule has 6 nitrogen and oxygen atoms in total. The third-order valence-electron chi connectivity index (χ3n) is 4.42. The van der Waals surface area contributed by atoms with Crippen LogP contribution < -0.4 is 10.1 Å². The summed E-state index contributed by atoms with van der Waals surface area (Å²) in [5.74, 6) is -2.43. The Bertz CT molecular complexity index is 746. The van der Waals surface area contributed by atoms with Gasteiger partial charge < -0.3 is 19.7 Å². The highest BCUT2D eigenvalue weighted by Gasteiger charge is 2.46. The van der Waals surface area contributed by atoms with E-state index in [1.54, 1.807) is 43.7 Å². The number of nitrogens with zero attached hydrogens (tertiary/aromatic N) is 2. The largest absolute Gasteiger partial charge is 0.491 e. The average Bonchev–Trinajstić information content (AvgIpc) is 3.01. The fraction of sp³-hybridized carbons (Fsp3) is 0.368. The van der Waals surface area contributed by atoms with Crippen LogP contribution in [-0.2, 0) is 4.74 Å². The minimum Gasteiger partial charge on any atom is -0.491 e. The summed E-state index contributed by atoms with van der Waals surface area (Å²) in [4.78, 5) is 17.9. The van der Waals surface area contributed by atoms with Crippen LogP contribution in [0.4, 0.5) is 13.6 Å². The van der Waals surface area contributed by atoms with Gasteiger partial charge >= 0.3 is 6.03 Å². The number of urea groups is 1. The Hall–Kier alpha value is -2.74. The van der Waals surface area contributed by atoms with Crippen LogP contribution in [0.3, 0.4) is 0 Å². The van der Waals surface area contributed by atoms with Gasteiger partial charge in [0.25, 0.3) is 5.92 Å². The molecule has 0 saturated carbocycles. The number of para-hydroxylation sites is 1. The first-order valence-electron chi connectivity index (χ1n) is 8.54. The Morgan fingerprint density at radius 1 is 1.33 bits per heavy atom. The topological polar surface area (TPSA) is 63.7 Å². The monoisotopic (exact) mass is 377 g/mol. The van der Waals surface area contributed by atoms with Crippen LogP contribution in [-0.4, -0.2) is 54.7 Å². The maximum atomic E-state index is 13.7. The second-order valence-corrected chi connectivity index (χ2v) is 6.31. The van der Waals surface area contributed by atoms with E-state index in [0.717, 1.165) is 5.56 Å². The highest BCUT2D eigenvalue weighted by atomic mass is 19.3. The molecule has 1 aromatic carbocycles. The Morgan fingerprint density at radius 2 is 2.04 bits per heavy atom. The van der Waals surface area contributed by atoms with Crippen molar-refractivity contribution in [1.29, 1.82) is 0 Å². The smallest absolute Gasteiger partial charge is 0.318 e. The second-order valence-electron chi connectivity index (χ2n) is 6.31. The summed E-state index contributed by atoms with van der Waals surface area (Å²) >= 11 is 0. The molecular weight excluding hydrogens is 356 g/mol. The Morgan fingerprint density at radius 3 is 2.67 bits per heavy atom. The molecule has 2 amide bonds. The molecule has 0 radical (unpaired) electrons. The van der Waals surface area contributed by atoms with Crippen molar-refractivity contribution in [2.24, 2.45) is 0 Å². The molecule has 1 aromatic heterocycles. The van der Waals surface area contributed by atoms with E-state index in [2.05, 4.69) is 10.3 Å². The lowest BCUT2D eigenvalue weighted by atomic mass is 10.1. The van der Waals surface area contributed by atoms with Crippen molar-refractivity contribution in [1.82, 2.24) is 15.2 Å². The number of carbonyl (C=O) groups excluding carboxylic acids is 1. The lowest BCUT2D eigenvalue weighted by molar-refractivity contribution is -0.0225. The third kappa shape index (κ3) is 4.71. The number of alkyl halides is 2. The maximum absolute atomic E-state index is 13.7. The Balaban J connectivity index is 1.72. The number of likely N-dealkylation sites (N-methyl/N-ethyl adjacent to an activating group) is 1. The zero-order valence-electron chi connectivity index (χ0n) is 14.8. The first-order valence-corrected chi connectivity index (χ1v) is 8.54. The van der Waals surface area contributed by atoms with Gasteiger partial charge in [-0.05, 0) is 29.8 Å². The van der Waals surface area contributed by atoms with Crippen LogP contribution in [0.15, 0.2) is 54.9 Å².